The fourth-order valence-corrected chi connectivity index (χ4v) is 4.53. The number of rotatable bonds is 14. The molecule has 2 aromatic rings. The second kappa shape index (κ2) is 16.7. The van der Waals surface area contributed by atoms with Gasteiger partial charge in [-0.15, -0.1) is 0 Å². The molecule has 0 aliphatic heterocycles. The van der Waals surface area contributed by atoms with Crippen molar-refractivity contribution < 1.29 is 34.1 Å². The molecule has 0 saturated heterocycles. The van der Waals surface area contributed by atoms with E-state index < -0.39 is 48.0 Å². The van der Waals surface area contributed by atoms with Gasteiger partial charge in [0.2, 0.25) is 5.91 Å². The number of aliphatic imine (C=N–C) groups is 1. The lowest BCUT2D eigenvalue weighted by Crippen LogP contribution is -2.53. The van der Waals surface area contributed by atoms with Crippen molar-refractivity contribution in [3.63, 3.8) is 0 Å². The summed E-state index contributed by atoms with van der Waals surface area (Å²) in [5, 5.41) is 27.7. The molecule has 42 heavy (non-hydrogen) atoms. The van der Waals surface area contributed by atoms with E-state index in [9.17, 15) is 34.4 Å². The number of hydrogen-bond acceptors (Lipinski definition) is 9. The van der Waals surface area contributed by atoms with Gasteiger partial charge in [-0.3, -0.25) is 19.4 Å². The van der Waals surface area contributed by atoms with Crippen LogP contribution in [0, 0.1) is 10.1 Å². The van der Waals surface area contributed by atoms with Gasteiger partial charge in [0.1, 0.15) is 25.4 Å². The molecular weight excluding hydrogens is 688 g/mol. The minimum Gasteiger partial charge on any atom is -0.506 e. The van der Waals surface area contributed by atoms with Crippen molar-refractivity contribution in [2.75, 3.05) is 25.0 Å². The largest absolute Gasteiger partial charge is 0.506 e. The Hall–Kier alpha value is -4.45. The van der Waals surface area contributed by atoms with Gasteiger partial charge in [-0.05, 0) is 67.4 Å². The number of guanidine groups is 1. The van der Waals surface area contributed by atoms with E-state index in [2.05, 4.69) is 52.8 Å². The van der Waals surface area contributed by atoms with Gasteiger partial charge in [0.05, 0.1) is 8.95 Å². The molecular formula is C24H28Br2N8O8. The minimum atomic E-state index is -1.64. The summed E-state index contributed by atoms with van der Waals surface area (Å²) >= 11 is 6.24. The average molecular weight is 716 g/mol. The molecule has 0 saturated carbocycles. The maximum atomic E-state index is 13.1. The number of aromatic hydroxyl groups is 1. The highest BCUT2D eigenvalue weighted by molar-refractivity contribution is 9.11. The number of amides is 4. The summed E-state index contributed by atoms with van der Waals surface area (Å²) in [5.41, 5.74) is 11.5. The number of halogens is 2. The first kappa shape index (κ1) is 33.8. The third-order valence-electron chi connectivity index (χ3n) is 5.29. The Bertz CT molecular complexity index is 1300. The quantitative estimate of drug-likeness (QED) is 0.0409. The minimum absolute atomic E-state index is 0.0188. The van der Waals surface area contributed by atoms with Crippen molar-refractivity contribution >= 4 is 67.3 Å². The number of nitrogens with zero attached hydrogens (tertiary/aromatic N) is 3. The number of carbonyl (C=O) groups is 4. The Labute approximate surface area is 256 Å². The molecule has 4 amide bonds. The molecule has 8 N–H and O–H groups in total. The third-order valence-corrected chi connectivity index (χ3v) is 6.50. The van der Waals surface area contributed by atoms with Crippen LogP contribution in [0.3, 0.4) is 0 Å². The number of nitrogens with two attached hydrogens (primary N) is 2. The zero-order valence-electron chi connectivity index (χ0n) is 21.9. The van der Waals surface area contributed by atoms with E-state index in [1.807, 2.05) is 0 Å². The maximum absolute atomic E-state index is 13.1. The molecule has 0 spiro atoms. The number of hydrogen-bond donors (Lipinski definition) is 6. The molecule has 0 heterocycles. The lowest BCUT2D eigenvalue weighted by atomic mass is 10.1. The van der Waals surface area contributed by atoms with Gasteiger partial charge in [0, 0.05) is 12.2 Å². The topological polar surface area (TPSA) is 245 Å². The Morgan fingerprint density at radius 1 is 1.07 bits per heavy atom. The van der Waals surface area contributed by atoms with E-state index in [-0.39, 0.29) is 57.3 Å². The molecule has 0 radical (unpaired) electrons. The first-order chi connectivity index (χ1) is 19.9. The number of alkyl carbamates (subject to hydrolysis) is 1. The monoisotopic (exact) mass is 714 g/mol. The fourth-order valence-electron chi connectivity index (χ4n) is 3.34. The predicted molar refractivity (Wildman–Crippen MR) is 157 cm³/mol. The number of phenolic OH excluding ortho intramolecular Hbond substituents is 1. The smallest absolute Gasteiger partial charge is 0.407 e. The number of phenols is 1. The highest BCUT2D eigenvalue weighted by atomic mass is 79.9. The zero-order chi connectivity index (χ0) is 31.2. The van der Waals surface area contributed by atoms with Crippen LogP contribution < -0.4 is 27.4 Å². The summed E-state index contributed by atoms with van der Waals surface area (Å²) in [6.45, 7) is -1.44. The molecule has 226 valence electrons. The van der Waals surface area contributed by atoms with Crippen LogP contribution in [0.1, 0.15) is 18.4 Å². The second-order valence-corrected chi connectivity index (χ2v) is 10.1. The van der Waals surface area contributed by atoms with E-state index >= 15 is 0 Å². The predicted octanol–water partition coefficient (Wildman–Crippen LogP) is 1.34. The van der Waals surface area contributed by atoms with Gasteiger partial charge in [0.15, 0.2) is 17.0 Å². The highest BCUT2D eigenvalue weighted by Gasteiger charge is 2.38. The highest BCUT2D eigenvalue weighted by Crippen LogP contribution is 2.35. The molecule has 0 unspecified atom stereocenters. The molecule has 2 aromatic carbocycles. The van der Waals surface area contributed by atoms with E-state index in [0.717, 1.165) is 5.56 Å². The second-order valence-electron chi connectivity index (χ2n) is 8.41. The molecule has 0 fully saturated rings. The first-order valence-corrected chi connectivity index (χ1v) is 13.7. The number of carbonyl (C=O) groups excluding carboxylic acids is 4. The van der Waals surface area contributed by atoms with Crippen molar-refractivity contribution in [1.29, 1.82) is 0 Å². The first-order valence-electron chi connectivity index (χ1n) is 12.1. The molecule has 16 nitrogen and oxygen atoms in total. The van der Waals surface area contributed by atoms with Gasteiger partial charge in [0.25, 0.3) is 5.91 Å². The molecule has 2 rings (SSSR count). The van der Waals surface area contributed by atoms with Crippen LogP contribution in [-0.4, -0.2) is 70.6 Å². The lowest BCUT2D eigenvalue weighted by molar-refractivity contribution is -0.639. The number of nitrogens with one attached hydrogen (secondary N) is 3. The van der Waals surface area contributed by atoms with E-state index in [1.165, 1.54) is 12.1 Å². The van der Waals surface area contributed by atoms with Crippen LogP contribution in [0.2, 0.25) is 0 Å². The van der Waals surface area contributed by atoms with Crippen LogP contribution in [0.5, 0.6) is 5.75 Å². The standard InChI is InChI=1S/C24H28Br2N8O8/c25-16-9-15(10-17(26)21(16)37)32-22(38)18(7-4-8-29-23(27)28)33(34(40)41)20(36)12-30-19(35)11-31-24(39)42-13-14-5-2-1-3-6-14/h1-3,5-6,9-10,18,37H,4,7-8,11-13H2,(H,30,35)(H,31,39)(H,32,38)(H4,27,28,29)/t18-/m0/s1. The van der Waals surface area contributed by atoms with Gasteiger partial charge >= 0.3 is 12.0 Å². The normalized spacial score (nSPS) is 11.0. The lowest BCUT2D eigenvalue weighted by Gasteiger charge is -2.22. The van der Waals surface area contributed by atoms with Crippen LogP contribution in [0.15, 0.2) is 56.4 Å². The summed E-state index contributed by atoms with van der Waals surface area (Å²) in [4.78, 5) is 65.7. The van der Waals surface area contributed by atoms with Gasteiger partial charge in [-0.25, -0.2) is 14.9 Å². The van der Waals surface area contributed by atoms with Crippen molar-refractivity contribution in [2.24, 2.45) is 16.5 Å². The summed E-state index contributed by atoms with van der Waals surface area (Å²) in [6.07, 6.45) is -1.03. The number of anilines is 1. The SMILES string of the molecule is NC(N)=NCCC[C@@H](C(=O)Nc1cc(Br)c(O)c(Br)c1)N(C(=O)CNC(=O)CNC(=O)OCc1ccccc1)[N+](=O)[O-]. The number of nitro groups is 1. The molecule has 0 bridgehead atoms. The molecule has 0 aliphatic rings. The summed E-state index contributed by atoms with van der Waals surface area (Å²) in [5.74, 6) is -3.34. The van der Waals surface area contributed by atoms with E-state index in [1.54, 1.807) is 30.3 Å². The molecule has 0 aromatic heterocycles. The van der Waals surface area contributed by atoms with Gasteiger partial charge in [-0.2, -0.15) is 0 Å². The van der Waals surface area contributed by atoms with Crippen LogP contribution in [-0.2, 0) is 25.7 Å². The van der Waals surface area contributed by atoms with Gasteiger partial charge < -0.3 is 37.3 Å². The summed E-state index contributed by atoms with van der Waals surface area (Å²) in [6, 6.07) is 9.86. The third kappa shape index (κ3) is 11.2. The Morgan fingerprint density at radius 2 is 1.71 bits per heavy atom. The van der Waals surface area contributed by atoms with Crippen molar-refractivity contribution in [1.82, 2.24) is 15.6 Å². The summed E-state index contributed by atoms with van der Waals surface area (Å²) < 4.78 is 5.42. The Balaban J connectivity index is 2.04. The fraction of sp³-hybridized carbons (Fsp3) is 0.292. The zero-order valence-corrected chi connectivity index (χ0v) is 25.1. The molecule has 0 aliphatic carbocycles. The Kier molecular flexibility index (Phi) is 13.4. The number of hydrazine groups is 1. The van der Waals surface area contributed by atoms with Crippen LogP contribution in [0.4, 0.5) is 10.5 Å². The molecule has 18 heteroatoms. The maximum Gasteiger partial charge on any atom is 0.407 e. The van der Waals surface area contributed by atoms with E-state index in [0.29, 0.717) is 0 Å². The number of benzene rings is 2. The molecule has 1 atom stereocenters. The van der Waals surface area contributed by atoms with Crippen LogP contribution >= 0.6 is 31.9 Å². The van der Waals surface area contributed by atoms with Gasteiger partial charge in [-0.1, -0.05) is 30.3 Å². The van der Waals surface area contributed by atoms with E-state index in [4.69, 9.17) is 16.2 Å². The number of ether oxygens (including phenoxy) is 1. The Morgan fingerprint density at radius 3 is 2.31 bits per heavy atom. The van der Waals surface area contributed by atoms with Crippen LogP contribution in [0.25, 0.3) is 0 Å². The van der Waals surface area contributed by atoms with Crippen molar-refractivity contribution in [2.45, 2.75) is 25.5 Å². The summed E-state index contributed by atoms with van der Waals surface area (Å²) in [7, 11) is 0. The van der Waals surface area contributed by atoms with Crippen molar-refractivity contribution in [3.8, 4) is 5.75 Å². The van der Waals surface area contributed by atoms with Crippen molar-refractivity contribution in [3.05, 3.63) is 67.1 Å². The average Bonchev–Trinajstić information content (AvgIpc) is 2.94.